The number of carbonyl (C=O) groups is 1. The predicted octanol–water partition coefficient (Wildman–Crippen LogP) is 0.748. The Hall–Kier alpha value is -2.18. The molecule has 1 aromatic heterocycles. The van der Waals surface area contributed by atoms with Crippen molar-refractivity contribution in [3.8, 4) is 0 Å². The number of benzene rings is 1. The number of amides is 1. The molecule has 1 amide bonds. The monoisotopic (exact) mass is 276 g/mol. The molecule has 6 heteroatoms. The van der Waals surface area contributed by atoms with Crippen LogP contribution in [0.4, 0.5) is 5.69 Å². The van der Waals surface area contributed by atoms with Gasteiger partial charge in [-0.15, -0.1) is 0 Å². The number of carbonyl (C=O) groups excluding carboxylic acids is 1. The Morgan fingerprint density at radius 1 is 1.40 bits per heavy atom. The van der Waals surface area contributed by atoms with Gasteiger partial charge in [-0.05, 0) is 31.5 Å². The molecule has 0 aliphatic rings. The van der Waals surface area contributed by atoms with Gasteiger partial charge in [0, 0.05) is 23.2 Å². The fourth-order valence-electron chi connectivity index (χ4n) is 1.85. The van der Waals surface area contributed by atoms with Gasteiger partial charge in [-0.3, -0.25) is 4.79 Å². The van der Waals surface area contributed by atoms with Gasteiger partial charge in [0.1, 0.15) is 11.6 Å². The summed E-state index contributed by atoms with van der Waals surface area (Å²) in [7, 11) is 0. The van der Waals surface area contributed by atoms with Crippen molar-refractivity contribution < 1.29 is 14.3 Å². The van der Waals surface area contributed by atoms with Gasteiger partial charge in [0.05, 0.1) is 6.10 Å². The molecule has 0 radical (unpaired) electrons. The second-order valence-electron chi connectivity index (χ2n) is 4.72. The SMILES string of the molecule is Cc1cc(=O)oc2cc(NC(=O)[C@@H](N)C(C)O)ccc12. The molecule has 0 aliphatic heterocycles. The minimum Gasteiger partial charge on any atom is -0.423 e. The summed E-state index contributed by atoms with van der Waals surface area (Å²) in [5, 5.41) is 12.6. The maximum Gasteiger partial charge on any atom is 0.336 e. The first-order valence-corrected chi connectivity index (χ1v) is 6.17. The largest absolute Gasteiger partial charge is 0.423 e. The number of nitrogens with one attached hydrogen (secondary N) is 1. The van der Waals surface area contributed by atoms with Crippen molar-refractivity contribution in [2.24, 2.45) is 5.73 Å². The Labute approximate surface area is 115 Å². The van der Waals surface area contributed by atoms with Gasteiger partial charge in [0.25, 0.3) is 0 Å². The minimum atomic E-state index is -1.02. The summed E-state index contributed by atoms with van der Waals surface area (Å²) in [6.45, 7) is 3.24. The van der Waals surface area contributed by atoms with E-state index in [9.17, 15) is 14.7 Å². The molecule has 6 nitrogen and oxygen atoms in total. The molecule has 0 spiro atoms. The van der Waals surface area contributed by atoms with Crippen LogP contribution in [0.25, 0.3) is 11.0 Å². The summed E-state index contributed by atoms with van der Waals surface area (Å²) >= 11 is 0. The van der Waals surface area contributed by atoms with E-state index in [1.807, 2.05) is 0 Å². The predicted molar refractivity (Wildman–Crippen MR) is 75.5 cm³/mol. The summed E-state index contributed by atoms with van der Waals surface area (Å²) in [5.74, 6) is -0.505. The average Bonchev–Trinajstić information content (AvgIpc) is 2.36. The summed E-state index contributed by atoms with van der Waals surface area (Å²) in [6.07, 6.45) is -0.948. The summed E-state index contributed by atoms with van der Waals surface area (Å²) in [4.78, 5) is 23.1. The number of anilines is 1. The fraction of sp³-hybridized carbons (Fsp3) is 0.286. The van der Waals surface area contributed by atoms with E-state index in [0.29, 0.717) is 11.3 Å². The van der Waals surface area contributed by atoms with E-state index in [1.54, 1.807) is 25.1 Å². The number of nitrogens with two attached hydrogens (primary N) is 1. The van der Waals surface area contributed by atoms with Crippen LogP contribution in [0.5, 0.6) is 0 Å². The fourth-order valence-corrected chi connectivity index (χ4v) is 1.85. The van der Waals surface area contributed by atoms with Crippen LogP contribution in [0.15, 0.2) is 33.5 Å². The zero-order chi connectivity index (χ0) is 14.9. The van der Waals surface area contributed by atoms with Gasteiger partial charge >= 0.3 is 5.63 Å². The molecule has 0 aliphatic carbocycles. The van der Waals surface area contributed by atoms with E-state index < -0.39 is 23.7 Å². The Kier molecular flexibility index (Phi) is 3.87. The second-order valence-corrected chi connectivity index (χ2v) is 4.72. The Morgan fingerprint density at radius 2 is 2.10 bits per heavy atom. The van der Waals surface area contributed by atoms with Crippen molar-refractivity contribution in [1.82, 2.24) is 0 Å². The molecule has 0 saturated heterocycles. The molecule has 1 aromatic carbocycles. The molecule has 4 N–H and O–H groups in total. The van der Waals surface area contributed by atoms with Gasteiger partial charge in [-0.2, -0.15) is 0 Å². The van der Waals surface area contributed by atoms with Crippen LogP contribution in [-0.4, -0.2) is 23.2 Å². The van der Waals surface area contributed by atoms with Crippen LogP contribution < -0.4 is 16.7 Å². The normalized spacial score (nSPS) is 14.0. The number of aliphatic hydroxyl groups is 1. The molecule has 1 heterocycles. The molecule has 2 aromatic rings. The third kappa shape index (κ3) is 2.87. The zero-order valence-electron chi connectivity index (χ0n) is 11.2. The van der Waals surface area contributed by atoms with Gasteiger partial charge in [-0.1, -0.05) is 0 Å². The van der Waals surface area contributed by atoms with E-state index in [2.05, 4.69) is 5.32 Å². The van der Waals surface area contributed by atoms with Crippen molar-refractivity contribution >= 4 is 22.6 Å². The highest BCUT2D eigenvalue weighted by Crippen LogP contribution is 2.20. The summed E-state index contributed by atoms with van der Waals surface area (Å²) in [6, 6.07) is 5.37. The van der Waals surface area contributed by atoms with Crippen molar-refractivity contribution in [3.05, 3.63) is 40.2 Å². The van der Waals surface area contributed by atoms with Crippen LogP contribution in [0, 0.1) is 6.92 Å². The van der Waals surface area contributed by atoms with Crippen LogP contribution >= 0.6 is 0 Å². The Morgan fingerprint density at radius 3 is 2.75 bits per heavy atom. The number of rotatable bonds is 3. The van der Waals surface area contributed by atoms with E-state index in [4.69, 9.17) is 10.2 Å². The van der Waals surface area contributed by atoms with Crippen molar-refractivity contribution in [2.45, 2.75) is 26.0 Å². The van der Waals surface area contributed by atoms with Crippen LogP contribution in [0.3, 0.4) is 0 Å². The van der Waals surface area contributed by atoms with E-state index in [-0.39, 0.29) is 0 Å². The molecule has 0 fully saturated rings. The topological polar surface area (TPSA) is 106 Å². The first kappa shape index (κ1) is 14.2. The maximum absolute atomic E-state index is 11.7. The lowest BCUT2D eigenvalue weighted by Gasteiger charge is -2.14. The first-order chi connectivity index (χ1) is 9.38. The molecule has 2 rings (SSSR count). The van der Waals surface area contributed by atoms with E-state index in [1.165, 1.54) is 13.0 Å². The highest BCUT2D eigenvalue weighted by molar-refractivity contribution is 5.96. The van der Waals surface area contributed by atoms with Crippen molar-refractivity contribution in [3.63, 3.8) is 0 Å². The third-order valence-corrected chi connectivity index (χ3v) is 3.04. The summed E-state index contributed by atoms with van der Waals surface area (Å²) < 4.78 is 5.09. The molecular weight excluding hydrogens is 260 g/mol. The molecule has 0 bridgehead atoms. The van der Waals surface area contributed by atoms with Crippen molar-refractivity contribution in [1.29, 1.82) is 0 Å². The number of fused-ring (bicyclic) bond motifs is 1. The zero-order valence-corrected chi connectivity index (χ0v) is 11.2. The number of aliphatic hydroxyl groups excluding tert-OH is 1. The van der Waals surface area contributed by atoms with Crippen LogP contribution in [0.2, 0.25) is 0 Å². The third-order valence-electron chi connectivity index (χ3n) is 3.04. The van der Waals surface area contributed by atoms with Crippen LogP contribution in [-0.2, 0) is 4.79 Å². The van der Waals surface area contributed by atoms with Gasteiger partial charge in [0.2, 0.25) is 5.91 Å². The minimum absolute atomic E-state index is 0.387. The maximum atomic E-state index is 11.7. The number of hydrogen-bond acceptors (Lipinski definition) is 5. The first-order valence-electron chi connectivity index (χ1n) is 6.17. The Balaban J connectivity index is 2.33. The van der Waals surface area contributed by atoms with Crippen LogP contribution in [0.1, 0.15) is 12.5 Å². The quantitative estimate of drug-likeness (QED) is 0.717. The van der Waals surface area contributed by atoms with Gasteiger partial charge < -0.3 is 20.6 Å². The van der Waals surface area contributed by atoms with Gasteiger partial charge in [0.15, 0.2) is 0 Å². The lowest BCUT2D eigenvalue weighted by molar-refractivity contribution is -0.119. The van der Waals surface area contributed by atoms with E-state index >= 15 is 0 Å². The molecule has 0 saturated carbocycles. The number of hydrogen-bond donors (Lipinski definition) is 3. The van der Waals surface area contributed by atoms with Gasteiger partial charge in [-0.25, -0.2) is 4.79 Å². The number of aryl methyl sites for hydroxylation is 1. The Bertz CT molecular complexity index is 706. The lowest BCUT2D eigenvalue weighted by atomic mass is 10.1. The molecule has 2 atom stereocenters. The second kappa shape index (κ2) is 5.44. The molecule has 20 heavy (non-hydrogen) atoms. The molecule has 106 valence electrons. The average molecular weight is 276 g/mol. The highest BCUT2D eigenvalue weighted by atomic mass is 16.4. The molecular formula is C14H16N2O4. The van der Waals surface area contributed by atoms with E-state index in [0.717, 1.165) is 10.9 Å². The molecule has 1 unspecified atom stereocenters. The standard InChI is InChI=1S/C14H16N2O4/c1-7-5-12(18)20-11-6-9(3-4-10(7)11)16-14(19)13(15)8(2)17/h3-6,8,13,17H,15H2,1-2H3,(H,16,19)/t8?,13-/m0/s1. The summed E-state index contributed by atoms with van der Waals surface area (Å²) in [5.41, 5.74) is 6.73. The van der Waals surface area contributed by atoms with Crippen molar-refractivity contribution in [2.75, 3.05) is 5.32 Å². The lowest BCUT2D eigenvalue weighted by Crippen LogP contribution is -2.43. The smallest absolute Gasteiger partial charge is 0.336 e. The highest BCUT2D eigenvalue weighted by Gasteiger charge is 2.18.